The number of sulfonamides is 1. The van der Waals surface area contributed by atoms with Crippen molar-refractivity contribution < 1.29 is 8.42 Å². The molecule has 0 N–H and O–H groups in total. The highest BCUT2D eigenvalue weighted by Crippen LogP contribution is 2.41. The van der Waals surface area contributed by atoms with Crippen LogP contribution in [0.1, 0.15) is 10.9 Å². The van der Waals surface area contributed by atoms with E-state index in [0.717, 1.165) is 19.4 Å². The van der Waals surface area contributed by atoms with E-state index in [1.165, 1.54) is 0 Å². The summed E-state index contributed by atoms with van der Waals surface area (Å²) in [4.78, 5) is 0.359. The van der Waals surface area contributed by atoms with Crippen LogP contribution >= 0.6 is 50.3 Å². The van der Waals surface area contributed by atoms with Crippen LogP contribution in [0.2, 0.25) is 0 Å². The number of hydrogen-bond donors (Lipinski definition) is 0. The molecule has 2 aromatic carbocycles. The average Bonchev–Trinajstić information content (AvgIpc) is 2.99. The predicted octanol–water partition coefficient (Wildman–Crippen LogP) is 4.49. The number of benzene rings is 2. The molecule has 2 aromatic rings. The number of halogens is 2. The summed E-state index contributed by atoms with van der Waals surface area (Å²) in [5, 5.41) is -0.155. The Kier molecular flexibility index (Phi) is 5.18. The summed E-state index contributed by atoms with van der Waals surface area (Å²) in [5.41, 5.74) is 1.01. The van der Waals surface area contributed by atoms with Gasteiger partial charge in [-0.05, 0) is 64.6 Å². The number of rotatable bonds is 3. The third-order valence-electron chi connectivity index (χ3n) is 3.42. The van der Waals surface area contributed by atoms with E-state index in [2.05, 4.69) is 38.5 Å². The molecule has 3 rings (SSSR count). The molecule has 1 atom stereocenters. The van der Waals surface area contributed by atoms with E-state index in [1.807, 2.05) is 36.4 Å². The van der Waals surface area contributed by atoms with Gasteiger partial charge in [-0.15, -0.1) is 11.8 Å². The highest BCUT2D eigenvalue weighted by Gasteiger charge is 2.36. The Morgan fingerprint density at radius 1 is 1.09 bits per heavy atom. The molecule has 7 heteroatoms. The molecule has 1 saturated heterocycles. The van der Waals surface area contributed by atoms with Gasteiger partial charge in [-0.2, -0.15) is 4.31 Å². The molecule has 0 saturated carbocycles. The van der Waals surface area contributed by atoms with Gasteiger partial charge in [0.2, 0.25) is 10.0 Å². The third-order valence-corrected chi connectivity index (χ3v) is 7.95. The molecule has 0 aliphatic carbocycles. The Labute approximate surface area is 156 Å². The van der Waals surface area contributed by atoms with E-state index in [1.54, 1.807) is 28.2 Å². The topological polar surface area (TPSA) is 37.4 Å². The van der Waals surface area contributed by atoms with Gasteiger partial charge in [0.15, 0.2) is 0 Å². The second-order valence-electron chi connectivity index (χ2n) is 4.84. The lowest BCUT2D eigenvalue weighted by Crippen LogP contribution is -2.30. The summed E-state index contributed by atoms with van der Waals surface area (Å²) < 4.78 is 29.4. The lowest BCUT2D eigenvalue weighted by Gasteiger charge is -2.23. The standard InChI is InChI=1S/C15H13BrINO2S2/c16-12-3-1-11(2-4-12)15-18(9-10-21-15)22(19,20)14-7-5-13(17)6-8-14/h1-8,15H,9-10H2. The first-order chi connectivity index (χ1) is 10.5. The van der Waals surface area contributed by atoms with Crippen LogP contribution in [-0.2, 0) is 10.0 Å². The van der Waals surface area contributed by atoms with Crippen molar-refractivity contribution in [2.24, 2.45) is 0 Å². The first-order valence-electron chi connectivity index (χ1n) is 6.63. The van der Waals surface area contributed by atoms with Gasteiger partial charge >= 0.3 is 0 Å². The van der Waals surface area contributed by atoms with Crippen molar-refractivity contribution in [2.45, 2.75) is 10.3 Å². The van der Waals surface area contributed by atoms with E-state index >= 15 is 0 Å². The van der Waals surface area contributed by atoms with Crippen LogP contribution in [0.15, 0.2) is 57.9 Å². The molecule has 1 aliphatic heterocycles. The molecule has 0 amide bonds. The quantitative estimate of drug-likeness (QED) is 0.572. The van der Waals surface area contributed by atoms with Gasteiger partial charge < -0.3 is 0 Å². The maximum absolute atomic E-state index is 12.9. The zero-order chi connectivity index (χ0) is 15.7. The minimum Gasteiger partial charge on any atom is -0.207 e. The highest BCUT2D eigenvalue weighted by atomic mass is 127. The molecule has 0 radical (unpaired) electrons. The fourth-order valence-electron chi connectivity index (χ4n) is 2.33. The molecule has 1 aliphatic rings. The molecule has 0 bridgehead atoms. The van der Waals surface area contributed by atoms with Crippen LogP contribution in [0.25, 0.3) is 0 Å². The average molecular weight is 510 g/mol. The maximum Gasteiger partial charge on any atom is 0.244 e. The van der Waals surface area contributed by atoms with Crippen molar-refractivity contribution in [1.82, 2.24) is 4.31 Å². The van der Waals surface area contributed by atoms with Crippen molar-refractivity contribution in [3.8, 4) is 0 Å². The second kappa shape index (κ2) is 6.80. The normalized spacial score (nSPS) is 19.5. The number of thioether (sulfide) groups is 1. The van der Waals surface area contributed by atoms with Gasteiger partial charge in [0.1, 0.15) is 0 Å². The van der Waals surface area contributed by atoms with Gasteiger partial charge in [0.25, 0.3) is 0 Å². The lowest BCUT2D eigenvalue weighted by atomic mass is 10.2. The Morgan fingerprint density at radius 2 is 1.73 bits per heavy atom. The number of nitrogens with zero attached hydrogens (tertiary/aromatic N) is 1. The van der Waals surface area contributed by atoms with Crippen molar-refractivity contribution in [3.63, 3.8) is 0 Å². The van der Waals surface area contributed by atoms with Crippen LogP contribution in [0.5, 0.6) is 0 Å². The third kappa shape index (κ3) is 3.38. The zero-order valence-electron chi connectivity index (χ0n) is 11.4. The summed E-state index contributed by atoms with van der Waals surface area (Å²) in [6, 6.07) is 14.9. The molecule has 1 heterocycles. The fraction of sp³-hybridized carbons (Fsp3) is 0.200. The first-order valence-corrected chi connectivity index (χ1v) is 11.0. The van der Waals surface area contributed by atoms with Crippen molar-refractivity contribution in [1.29, 1.82) is 0 Å². The van der Waals surface area contributed by atoms with E-state index in [4.69, 9.17) is 0 Å². The fourth-order valence-corrected chi connectivity index (χ4v) is 6.20. The van der Waals surface area contributed by atoms with Crippen molar-refractivity contribution in [2.75, 3.05) is 12.3 Å². The monoisotopic (exact) mass is 509 g/mol. The van der Waals surface area contributed by atoms with Crippen LogP contribution < -0.4 is 0 Å². The summed E-state index contributed by atoms with van der Waals surface area (Å²) in [5.74, 6) is 0.810. The van der Waals surface area contributed by atoms with Gasteiger partial charge in [0.05, 0.1) is 10.3 Å². The Balaban J connectivity index is 1.95. The van der Waals surface area contributed by atoms with Gasteiger partial charge in [-0.1, -0.05) is 28.1 Å². The van der Waals surface area contributed by atoms with Gasteiger partial charge in [-0.3, -0.25) is 0 Å². The first kappa shape index (κ1) is 16.8. The number of hydrogen-bond acceptors (Lipinski definition) is 3. The Hall–Kier alpha value is -0.0900. The van der Waals surface area contributed by atoms with Crippen LogP contribution in [0.3, 0.4) is 0 Å². The summed E-state index contributed by atoms with van der Waals surface area (Å²) >= 11 is 7.25. The Bertz CT molecular complexity index is 763. The molecule has 1 unspecified atom stereocenters. The minimum atomic E-state index is -3.47. The van der Waals surface area contributed by atoms with Crippen molar-refractivity contribution in [3.05, 3.63) is 62.1 Å². The molecule has 0 spiro atoms. The second-order valence-corrected chi connectivity index (χ2v) is 10.1. The highest BCUT2D eigenvalue weighted by molar-refractivity contribution is 14.1. The molecular weight excluding hydrogens is 497 g/mol. The smallest absolute Gasteiger partial charge is 0.207 e. The Morgan fingerprint density at radius 3 is 2.36 bits per heavy atom. The minimum absolute atomic E-state index is 0.155. The molecule has 116 valence electrons. The summed E-state index contributed by atoms with van der Waals surface area (Å²) in [6.45, 7) is 0.541. The summed E-state index contributed by atoms with van der Waals surface area (Å²) in [6.07, 6.45) is 0. The molecule has 0 aromatic heterocycles. The van der Waals surface area contributed by atoms with Crippen molar-refractivity contribution >= 4 is 60.3 Å². The van der Waals surface area contributed by atoms with Crippen LogP contribution in [0.4, 0.5) is 0 Å². The van der Waals surface area contributed by atoms with E-state index in [9.17, 15) is 8.42 Å². The van der Waals surface area contributed by atoms with Crippen LogP contribution in [-0.4, -0.2) is 25.0 Å². The lowest BCUT2D eigenvalue weighted by molar-refractivity contribution is 0.434. The maximum atomic E-state index is 12.9. The summed E-state index contributed by atoms with van der Waals surface area (Å²) in [7, 11) is -3.47. The molecule has 3 nitrogen and oxygen atoms in total. The van der Waals surface area contributed by atoms with E-state index < -0.39 is 10.0 Å². The predicted molar refractivity (Wildman–Crippen MR) is 102 cm³/mol. The molecule has 1 fully saturated rings. The molecule has 22 heavy (non-hydrogen) atoms. The van der Waals surface area contributed by atoms with Gasteiger partial charge in [0, 0.05) is 20.3 Å². The molecular formula is C15H13BrINO2S2. The van der Waals surface area contributed by atoms with Gasteiger partial charge in [-0.25, -0.2) is 8.42 Å². The van der Waals surface area contributed by atoms with E-state index in [0.29, 0.717) is 11.4 Å². The largest absolute Gasteiger partial charge is 0.244 e. The van der Waals surface area contributed by atoms with E-state index in [-0.39, 0.29) is 5.37 Å². The van der Waals surface area contributed by atoms with Crippen LogP contribution in [0, 0.1) is 3.57 Å². The SMILES string of the molecule is O=S(=O)(c1ccc(I)cc1)N1CCSC1c1ccc(Br)cc1. The zero-order valence-corrected chi connectivity index (χ0v) is 16.8.